The number of benzene rings is 3. The SMILES string of the molecule is c1ccc(-c2ccc3c(c2)CC[C@H](c2ccccc2)C3)cc1. The predicted molar refractivity (Wildman–Crippen MR) is 93.1 cm³/mol. The normalized spacial score (nSPS) is 17.0. The Morgan fingerprint density at radius 3 is 2.14 bits per heavy atom. The minimum Gasteiger partial charge on any atom is -0.0622 e. The van der Waals surface area contributed by atoms with E-state index < -0.39 is 0 Å². The molecule has 108 valence electrons. The minimum absolute atomic E-state index is 0.677. The molecule has 0 aliphatic heterocycles. The molecule has 3 aromatic carbocycles. The molecule has 0 fully saturated rings. The Morgan fingerprint density at radius 2 is 1.36 bits per heavy atom. The molecule has 0 nitrogen and oxygen atoms in total. The largest absolute Gasteiger partial charge is 0.0622 e. The summed E-state index contributed by atoms with van der Waals surface area (Å²) in [5.74, 6) is 0.677. The highest BCUT2D eigenvalue weighted by molar-refractivity contribution is 5.65. The van der Waals surface area contributed by atoms with Gasteiger partial charge in [0, 0.05) is 0 Å². The molecule has 22 heavy (non-hydrogen) atoms. The summed E-state index contributed by atoms with van der Waals surface area (Å²) >= 11 is 0. The topological polar surface area (TPSA) is 0 Å². The first kappa shape index (κ1) is 13.3. The molecule has 0 radical (unpaired) electrons. The van der Waals surface area contributed by atoms with Crippen molar-refractivity contribution in [2.75, 3.05) is 0 Å². The fourth-order valence-electron chi connectivity index (χ4n) is 3.57. The Balaban J connectivity index is 1.62. The van der Waals surface area contributed by atoms with Gasteiger partial charge in [-0.25, -0.2) is 0 Å². The minimum atomic E-state index is 0.677. The molecule has 0 aromatic heterocycles. The first-order chi connectivity index (χ1) is 10.9. The second-order valence-corrected chi connectivity index (χ2v) is 6.20. The van der Waals surface area contributed by atoms with Crippen LogP contribution in [0, 0.1) is 0 Å². The summed E-state index contributed by atoms with van der Waals surface area (Å²) in [5.41, 5.74) is 7.21. The maximum Gasteiger partial charge on any atom is -0.0118 e. The highest BCUT2D eigenvalue weighted by atomic mass is 14.2. The van der Waals surface area contributed by atoms with Crippen molar-refractivity contribution in [3.8, 4) is 11.1 Å². The van der Waals surface area contributed by atoms with Crippen LogP contribution in [0.3, 0.4) is 0 Å². The molecule has 0 saturated heterocycles. The third kappa shape index (κ3) is 2.57. The van der Waals surface area contributed by atoms with Crippen molar-refractivity contribution in [2.24, 2.45) is 0 Å². The Bertz CT molecular complexity index is 757. The Hall–Kier alpha value is -2.34. The molecule has 0 spiro atoms. The monoisotopic (exact) mass is 284 g/mol. The van der Waals surface area contributed by atoms with E-state index in [1.54, 1.807) is 0 Å². The maximum absolute atomic E-state index is 2.39. The molecule has 0 heterocycles. The summed E-state index contributed by atoms with van der Waals surface area (Å²) in [7, 11) is 0. The fourth-order valence-corrected chi connectivity index (χ4v) is 3.57. The van der Waals surface area contributed by atoms with Crippen LogP contribution in [0.4, 0.5) is 0 Å². The summed E-state index contributed by atoms with van der Waals surface area (Å²) < 4.78 is 0. The summed E-state index contributed by atoms with van der Waals surface area (Å²) in [6, 6.07) is 28.7. The van der Waals surface area contributed by atoms with E-state index in [0.29, 0.717) is 5.92 Å². The summed E-state index contributed by atoms with van der Waals surface area (Å²) in [5, 5.41) is 0. The zero-order valence-corrected chi connectivity index (χ0v) is 12.7. The number of hydrogen-bond acceptors (Lipinski definition) is 0. The van der Waals surface area contributed by atoms with Crippen LogP contribution < -0.4 is 0 Å². The van der Waals surface area contributed by atoms with Crippen LogP contribution in [0.1, 0.15) is 29.0 Å². The Morgan fingerprint density at radius 1 is 0.636 bits per heavy atom. The second-order valence-electron chi connectivity index (χ2n) is 6.20. The summed E-state index contributed by atoms with van der Waals surface area (Å²) in [6.07, 6.45) is 3.62. The molecular weight excluding hydrogens is 264 g/mol. The Kier molecular flexibility index (Phi) is 3.52. The molecule has 0 saturated carbocycles. The fraction of sp³-hybridized carbons (Fsp3) is 0.182. The van der Waals surface area contributed by atoms with Gasteiger partial charge in [-0.3, -0.25) is 0 Å². The standard InChI is InChI=1S/C22H20/c1-3-7-17(8-4-1)19-11-13-22-16-20(12-14-21(22)15-19)18-9-5-2-6-10-18/h1-11,13,15,20H,12,14,16H2/t20-/m0/s1. The maximum atomic E-state index is 2.39. The van der Waals surface area contributed by atoms with Gasteiger partial charge in [-0.2, -0.15) is 0 Å². The van der Waals surface area contributed by atoms with Gasteiger partial charge < -0.3 is 0 Å². The molecule has 0 unspecified atom stereocenters. The lowest BCUT2D eigenvalue weighted by Crippen LogP contribution is -2.12. The zero-order chi connectivity index (χ0) is 14.8. The highest BCUT2D eigenvalue weighted by Gasteiger charge is 2.20. The molecule has 4 rings (SSSR count). The van der Waals surface area contributed by atoms with E-state index >= 15 is 0 Å². The van der Waals surface area contributed by atoms with E-state index in [2.05, 4.69) is 78.9 Å². The molecule has 1 aliphatic carbocycles. The smallest absolute Gasteiger partial charge is 0.0118 e. The van der Waals surface area contributed by atoms with Gasteiger partial charge in [-0.1, -0.05) is 78.9 Å². The van der Waals surface area contributed by atoms with Crippen LogP contribution >= 0.6 is 0 Å². The van der Waals surface area contributed by atoms with Crippen molar-refractivity contribution in [1.29, 1.82) is 0 Å². The van der Waals surface area contributed by atoms with E-state index in [-0.39, 0.29) is 0 Å². The quantitative estimate of drug-likeness (QED) is 0.572. The second kappa shape index (κ2) is 5.81. The summed E-state index contributed by atoms with van der Waals surface area (Å²) in [6.45, 7) is 0. The van der Waals surface area contributed by atoms with E-state index in [0.717, 1.165) is 0 Å². The summed E-state index contributed by atoms with van der Waals surface area (Å²) in [4.78, 5) is 0. The van der Waals surface area contributed by atoms with Gasteiger partial charge in [0.25, 0.3) is 0 Å². The van der Waals surface area contributed by atoms with Gasteiger partial charge in [0.15, 0.2) is 0 Å². The first-order valence-corrected chi connectivity index (χ1v) is 8.12. The lowest BCUT2D eigenvalue weighted by Gasteiger charge is -2.25. The van der Waals surface area contributed by atoms with Crippen LogP contribution in [-0.4, -0.2) is 0 Å². The number of rotatable bonds is 2. The third-order valence-corrected chi connectivity index (χ3v) is 4.81. The van der Waals surface area contributed by atoms with E-state index in [1.807, 2.05) is 0 Å². The molecule has 0 heteroatoms. The lowest BCUT2D eigenvalue weighted by molar-refractivity contribution is 0.585. The molecule has 1 atom stereocenters. The first-order valence-electron chi connectivity index (χ1n) is 8.12. The van der Waals surface area contributed by atoms with Gasteiger partial charge in [0.1, 0.15) is 0 Å². The van der Waals surface area contributed by atoms with E-state index in [4.69, 9.17) is 0 Å². The van der Waals surface area contributed by atoms with Gasteiger partial charge >= 0.3 is 0 Å². The number of hydrogen-bond donors (Lipinski definition) is 0. The molecule has 0 bridgehead atoms. The van der Waals surface area contributed by atoms with Gasteiger partial charge in [-0.05, 0) is 53.0 Å². The van der Waals surface area contributed by atoms with E-state index in [9.17, 15) is 0 Å². The number of fused-ring (bicyclic) bond motifs is 1. The lowest BCUT2D eigenvalue weighted by atomic mass is 9.79. The van der Waals surface area contributed by atoms with Crippen molar-refractivity contribution in [1.82, 2.24) is 0 Å². The average molecular weight is 284 g/mol. The van der Waals surface area contributed by atoms with Gasteiger partial charge in [0.05, 0.1) is 0 Å². The van der Waals surface area contributed by atoms with Crippen LogP contribution in [0.5, 0.6) is 0 Å². The average Bonchev–Trinajstić information content (AvgIpc) is 2.62. The van der Waals surface area contributed by atoms with Crippen molar-refractivity contribution >= 4 is 0 Å². The van der Waals surface area contributed by atoms with Crippen LogP contribution in [-0.2, 0) is 12.8 Å². The van der Waals surface area contributed by atoms with Crippen LogP contribution in [0.25, 0.3) is 11.1 Å². The number of aryl methyl sites for hydroxylation is 1. The molecule has 0 amide bonds. The predicted octanol–water partition coefficient (Wildman–Crippen LogP) is 5.63. The highest BCUT2D eigenvalue weighted by Crippen LogP contribution is 2.34. The van der Waals surface area contributed by atoms with Crippen molar-refractivity contribution in [2.45, 2.75) is 25.2 Å². The van der Waals surface area contributed by atoms with E-state index in [1.165, 1.54) is 47.1 Å². The van der Waals surface area contributed by atoms with Crippen molar-refractivity contribution < 1.29 is 0 Å². The molecule has 3 aromatic rings. The van der Waals surface area contributed by atoms with Gasteiger partial charge in [-0.15, -0.1) is 0 Å². The van der Waals surface area contributed by atoms with Crippen molar-refractivity contribution in [3.05, 3.63) is 95.6 Å². The third-order valence-electron chi connectivity index (χ3n) is 4.81. The van der Waals surface area contributed by atoms with Gasteiger partial charge in [0.2, 0.25) is 0 Å². The Labute approximate surface area is 132 Å². The van der Waals surface area contributed by atoms with Crippen LogP contribution in [0.2, 0.25) is 0 Å². The molecule has 1 aliphatic rings. The zero-order valence-electron chi connectivity index (χ0n) is 12.7. The molecular formula is C22H20. The van der Waals surface area contributed by atoms with Crippen molar-refractivity contribution in [3.63, 3.8) is 0 Å². The van der Waals surface area contributed by atoms with Crippen LogP contribution in [0.15, 0.2) is 78.9 Å². The molecule has 0 N–H and O–H groups in total.